The lowest BCUT2D eigenvalue weighted by atomic mass is 10.3. The van der Waals surface area contributed by atoms with E-state index in [9.17, 15) is 18.4 Å². The Morgan fingerprint density at radius 2 is 2.00 bits per heavy atom. The quantitative estimate of drug-likeness (QED) is 0.925. The van der Waals surface area contributed by atoms with Crippen molar-refractivity contribution < 1.29 is 18.4 Å². The normalized spacial score (nSPS) is 14.1. The summed E-state index contributed by atoms with van der Waals surface area (Å²) < 4.78 is 26.4. The van der Waals surface area contributed by atoms with E-state index < -0.39 is 17.7 Å². The summed E-state index contributed by atoms with van der Waals surface area (Å²) in [6, 6.07) is 8.06. The van der Waals surface area contributed by atoms with E-state index in [1.165, 1.54) is 15.9 Å². The molecule has 1 aromatic carbocycles. The molecule has 0 atom stereocenters. The summed E-state index contributed by atoms with van der Waals surface area (Å²) >= 11 is 0. The number of carbonyl (C=O) groups excluding carboxylic acids is 2. The highest BCUT2D eigenvalue weighted by molar-refractivity contribution is 5.99. The molecule has 0 unspecified atom stereocenters. The molecule has 3 amide bonds. The number of nitrogens with zero attached hydrogens (tertiary/aromatic N) is 3. The Morgan fingerprint density at radius 3 is 2.72 bits per heavy atom. The van der Waals surface area contributed by atoms with Crippen LogP contribution < -0.4 is 10.2 Å². The molecule has 3 rings (SSSR count). The summed E-state index contributed by atoms with van der Waals surface area (Å²) in [7, 11) is 0. The summed E-state index contributed by atoms with van der Waals surface area (Å²) in [5.41, 5.74) is 1.02. The third-order valence-corrected chi connectivity index (χ3v) is 3.80. The van der Waals surface area contributed by atoms with Crippen LogP contribution in [0, 0.1) is 18.6 Å². The predicted molar refractivity (Wildman–Crippen MR) is 88.3 cm³/mol. The first-order valence-corrected chi connectivity index (χ1v) is 7.69. The first-order valence-electron chi connectivity index (χ1n) is 7.69. The van der Waals surface area contributed by atoms with Gasteiger partial charge in [0.2, 0.25) is 5.91 Å². The summed E-state index contributed by atoms with van der Waals surface area (Å²) in [6.45, 7) is 2.26. The Kier molecular flexibility index (Phi) is 4.60. The average Bonchev–Trinajstić information content (AvgIpc) is 2.91. The topological polar surface area (TPSA) is 65.5 Å². The number of halogens is 2. The molecule has 8 heteroatoms. The van der Waals surface area contributed by atoms with Crippen LogP contribution in [0.5, 0.6) is 0 Å². The molecule has 0 saturated carbocycles. The molecule has 1 aliphatic rings. The maximum absolute atomic E-state index is 13.3. The molecule has 2 heterocycles. The van der Waals surface area contributed by atoms with E-state index in [1.807, 2.05) is 0 Å². The van der Waals surface area contributed by atoms with Crippen LogP contribution in [0.25, 0.3) is 0 Å². The van der Waals surface area contributed by atoms with E-state index in [4.69, 9.17) is 0 Å². The number of nitrogens with one attached hydrogen (secondary N) is 1. The third kappa shape index (κ3) is 3.73. The van der Waals surface area contributed by atoms with Gasteiger partial charge in [0.05, 0.1) is 0 Å². The first-order chi connectivity index (χ1) is 11.9. The number of pyridine rings is 1. The second-order valence-corrected chi connectivity index (χ2v) is 5.67. The highest BCUT2D eigenvalue weighted by Crippen LogP contribution is 2.22. The number of hydrogen-bond donors (Lipinski definition) is 1. The van der Waals surface area contributed by atoms with E-state index in [2.05, 4.69) is 10.3 Å². The monoisotopic (exact) mass is 346 g/mol. The standard InChI is InChI=1S/C17H16F2N4O2/c1-11-3-2-4-15(20-11)21-16(24)10-22-7-8-23(17(22)25)12-5-6-13(18)14(19)9-12/h2-6,9H,7-8,10H2,1H3,(H,20,21,24). The lowest BCUT2D eigenvalue weighted by molar-refractivity contribution is -0.116. The molecule has 1 aliphatic heterocycles. The Bertz CT molecular complexity index is 828. The fourth-order valence-electron chi connectivity index (χ4n) is 2.59. The Morgan fingerprint density at radius 1 is 1.20 bits per heavy atom. The van der Waals surface area contributed by atoms with Gasteiger partial charge < -0.3 is 10.2 Å². The average molecular weight is 346 g/mol. The SMILES string of the molecule is Cc1cccc(NC(=O)CN2CCN(c3ccc(F)c(F)c3)C2=O)n1. The Balaban J connectivity index is 1.63. The van der Waals surface area contributed by atoms with Crippen LogP contribution in [-0.2, 0) is 4.79 Å². The minimum absolute atomic E-state index is 0.144. The van der Waals surface area contributed by atoms with Gasteiger partial charge in [-0.3, -0.25) is 9.69 Å². The van der Waals surface area contributed by atoms with Crippen molar-refractivity contribution in [2.75, 3.05) is 29.9 Å². The van der Waals surface area contributed by atoms with E-state index in [1.54, 1.807) is 25.1 Å². The van der Waals surface area contributed by atoms with Gasteiger partial charge in [-0.25, -0.2) is 18.6 Å². The van der Waals surface area contributed by atoms with Gasteiger partial charge >= 0.3 is 6.03 Å². The molecule has 2 aromatic rings. The van der Waals surface area contributed by atoms with Crippen molar-refractivity contribution >= 4 is 23.4 Å². The first kappa shape index (κ1) is 16.8. The molecular weight excluding hydrogens is 330 g/mol. The molecule has 1 fully saturated rings. The number of rotatable bonds is 4. The zero-order valence-corrected chi connectivity index (χ0v) is 13.5. The highest BCUT2D eigenvalue weighted by Gasteiger charge is 2.31. The van der Waals surface area contributed by atoms with Crippen LogP contribution in [0.15, 0.2) is 36.4 Å². The maximum Gasteiger partial charge on any atom is 0.325 e. The van der Waals surface area contributed by atoms with Crippen LogP contribution in [0.1, 0.15) is 5.69 Å². The molecule has 0 bridgehead atoms. The number of urea groups is 1. The van der Waals surface area contributed by atoms with E-state index in [-0.39, 0.29) is 18.1 Å². The Labute approximate surface area is 143 Å². The fraction of sp³-hybridized carbons (Fsp3) is 0.235. The molecular formula is C17H16F2N4O2. The number of aryl methyl sites for hydroxylation is 1. The lowest BCUT2D eigenvalue weighted by Gasteiger charge is -2.18. The number of hydrogen-bond acceptors (Lipinski definition) is 3. The third-order valence-electron chi connectivity index (χ3n) is 3.80. The largest absolute Gasteiger partial charge is 0.325 e. The molecule has 0 aliphatic carbocycles. The minimum Gasteiger partial charge on any atom is -0.313 e. The number of amides is 3. The van der Waals surface area contributed by atoms with E-state index >= 15 is 0 Å². The van der Waals surface area contributed by atoms with Gasteiger partial charge in [0.1, 0.15) is 12.4 Å². The van der Waals surface area contributed by atoms with Crippen molar-refractivity contribution in [1.82, 2.24) is 9.88 Å². The van der Waals surface area contributed by atoms with E-state index in [0.29, 0.717) is 18.9 Å². The van der Waals surface area contributed by atoms with Gasteiger partial charge in [-0.1, -0.05) is 6.07 Å². The molecule has 6 nitrogen and oxygen atoms in total. The molecule has 1 aromatic heterocycles. The summed E-state index contributed by atoms with van der Waals surface area (Å²) in [5.74, 6) is -1.96. The number of benzene rings is 1. The molecule has 130 valence electrons. The number of carbonyl (C=O) groups is 2. The van der Waals surface area contributed by atoms with Gasteiger partial charge in [-0.05, 0) is 31.2 Å². The van der Waals surface area contributed by atoms with Gasteiger partial charge in [0, 0.05) is 30.5 Å². The van der Waals surface area contributed by atoms with Gasteiger partial charge in [0.15, 0.2) is 11.6 Å². The van der Waals surface area contributed by atoms with Gasteiger partial charge in [-0.2, -0.15) is 0 Å². The smallest absolute Gasteiger partial charge is 0.313 e. The maximum atomic E-state index is 13.3. The van der Waals surface area contributed by atoms with Crippen molar-refractivity contribution in [3.63, 3.8) is 0 Å². The number of aromatic nitrogens is 1. The van der Waals surface area contributed by atoms with Crippen molar-refractivity contribution in [1.29, 1.82) is 0 Å². The predicted octanol–water partition coefficient (Wildman–Crippen LogP) is 2.55. The molecule has 1 saturated heterocycles. The molecule has 0 radical (unpaired) electrons. The summed E-state index contributed by atoms with van der Waals surface area (Å²) in [4.78, 5) is 31.3. The number of anilines is 2. The minimum atomic E-state index is -1.02. The van der Waals surface area contributed by atoms with Crippen LogP contribution in [-0.4, -0.2) is 41.5 Å². The van der Waals surface area contributed by atoms with Crippen molar-refractivity contribution in [3.05, 3.63) is 53.7 Å². The molecule has 0 spiro atoms. The zero-order chi connectivity index (χ0) is 18.0. The van der Waals surface area contributed by atoms with Gasteiger partial charge in [-0.15, -0.1) is 0 Å². The Hall–Kier alpha value is -3.03. The summed E-state index contributed by atoms with van der Waals surface area (Å²) in [6.07, 6.45) is 0. The van der Waals surface area contributed by atoms with Crippen molar-refractivity contribution in [3.8, 4) is 0 Å². The lowest BCUT2D eigenvalue weighted by Crippen LogP contribution is -2.37. The highest BCUT2D eigenvalue weighted by atomic mass is 19.2. The zero-order valence-electron chi connectivity index (χ0n) is 13.5. The molecule has 1 N–H and O–H groups in total. The van der Waals surface area contributed by atoms with Crippen LogP contribution in [0.2, 0.25) is 0 Å². The second kappa shape index (κ2) is 6.84. The summed E-state index contributed by atoms with van der Waals surface area (Å²) in [5, 5.41) is 2.63. The van der Waals surface area contributed by atoms with Gasteiger partial charge in [0.25, 0.3) is 0 Å². The van der Waals surface area contributed by atoms with Crippen LogP contribution >= 0.6 is 0 Å². The van der Waals surface area contributed by atoms with Crippen LogP contribution in [0.3, 0.4) is 0 Å². The fourth-order valence-corrected chi connectivity index (χ4v) is 2.59. The molecule has 25 heavy (non-hydrogen) atoms. The van der Waals surface area contributed by atoms with Crippen molar-refractivity contribution in [2.45, 2.75) is 6.92 Å². The second-order valence-electron chi connectivity index (χ2n) is 5.67. The van der Waals surface area contributed by atoms with E-state index in [0.717, 1.165) is 17.8 Å². The van der Waals surface area contributed by atoms with Crippen LogP contribution in [0.4, 0.5) is 25.1 Å². The van der Waals surface area contributed by atoms with Crippen molar-refractivity contribution in [2.24, 2.45) is 0 Å².